The Morgan fingerprint density at radius 1 is 0.791 bits per heavy atom. The molecular weight excluding hydrogens is 543 g/mol. The van der Waals surface area contributed by atoms with Crippen LogP contribution in [0.5, 0.6) is 0 Å². The molecule has 0 unspecified atom stereocenters. The summed E-state index contributed by atoms with van der Waals surface area (Å²) in [5.74, 6) is -0.726. The SMILES string of the molecule is CCOC(=O)C1CCN(Cc2ccc3[nH]ccc3c2)CC1.O.O=C(O)C1CCN(Cc2ccc3[nH]ccc3c2)CC1.[Li+].[OH-]. The van der Waals surface area contributed by atoms with Crippen LogP contribution in [0.2, 0.25) is 0 Å². The van der Waals surface area contributed by atoms with Crippen LogP contribution in [0.4, 0.5) is 0 Å². The first kappa shape index (κ1) is 36.1. The van der Waals surface area contributed by atoms with Crippen LogP contribution < -0.4 is 18.9 Å². The Morgan fingerprint density at radius 3 is 1.65 bits per heavy atom. The van der Waals surface area contributed by atoms with Crippen molar-refractivity contribution in [3.8, 4) is 0 Å². The Labute approximate surface area is 264 Å². The summed E-state index contributed by atoms with van der Waals surface area (Å²) in [4.78, 5) is 33.8. The van der Waals surface area contributed by atoms with Gasteiger partial charge in [-0.25, -0.2) is 0 Å². The molecule has 0 atom stereocenters. The number of nitrogens with zero attached hydrogens (tertiary/aromatic N) is 2. The van der Waals surface area contributed by atoms with Gasteiger partial charge in [0.1, 0.15) is 0 Å². The first-order chi connectivity index (χ1) is 19.5. The molecule has 2 aliphatic heterocycles. The Morgan fingerprint density at radius 2 is 1.23 bits per heavy atom. The number of fused-ring (bicyclic) bond motifs is 2. The van der Waals surface area contributed by atoms with Crippen LogP contribution in [-0.4, -0.2) is 80.6 Å². The topological polar surface area (TPSA) is 163 Å². The van der Waals surface area contributed by atoms with Gasteiger partial charge in [-0.05, 0) is 117 Å². The number of carbonyl (C=O) groups excluding carboxylic acids is 1. The number of hydrogen-bond donors (Lipinski definition) is 3. The number of aromatic amines is 2. The van der Waals surface area contributed by atoms with Crippen molar-refractivity contribution in [2.24, 2.45) is 11.8 Å². The molecule has 2 aromatic carbocycles. The molecule has 4 heterocycles. The summed E-state index contributed by atoms with van der Waals surface area (Å²) >= 11 is 0. The third kappa shape index (κ3) is 9.70. The molecule has 2 saturated heterocycles. The number of esters is 1. The van der Waals surface area contributed by atoms with E-state index in [1.54, 1.807) is 0 Å². The van der Waals surface area contributed by atoms with E-state index >= 15 is 0 Å². The second-order valence-electron chi connectivity index (χ2n) is 11.0. The summed E-state index contributed by atoms with van der Waals surface area (Å²) in [6.07, 6.45) is 7.27. The molecule has 228 valence electrons. The average Bonchev–Trinajstić information content (AvgIpc) is 3.63. The van der Waals surface area contributed by atoms with Crippen molar-refractivity contribution in [2.75, 3.05) is 32.8 Å². The van der Waals surface area contributed by atoms with Crippen LogP contribution in [0, 0.1) is 11.8 Å². The Hall–Kier alpha value is -3.10. The van der Waals surface area contributed by atoms with E-state index in [4.69, 9.17) is 9.84 Å². The Bertz CT molecular complexity index is 1420. The predicted molar refractivity (Wildman–Crippen MR) is 162 cm³/mol. The third-order valence-electron chi connectivity index (χ3n) is 8.19. The number of carboxylic acid groups (broad SMARTS) is 1. The molecule has 0 aliphatic carbocycles. The molecule has 0 amide bonds. The Balaban J connectivity index is 0.000000282. The van der Waals surface area contributed by atoms with Crippen molar-refractivity contribution in [1.82, 2.24) is 19.8 Å². The smallest absolute Gasteiger partial charge is 0.870 e. The van der Waals surface area contributed by atoms with Crippen LogP contribution in [0.25, 0.3) is 21.8 Å². The predicted octanol–water partition coefficient (Wildman–Crippen LogP) is 1.41. The van der Waals surface area contributed by atoms with Gasteiger partial charge in [0.2, 0.25) is 0 Å². The maximum absolute atomic E-state index is 11.7. The number of aromatic nitrogens is 2. The fourth-order valence-electron chi connectivity index (χ4n) is 5.84. The van der Waals surface area contributed by atoms with Crippen molar-refractivity contribution in [3.05, 3.63) is 72.1 Å². The van der Waals surface area contributed by atoms with Gasteiger partial charge in [0.05, 0.1) is 18.4 Å². The fourth-order valence-corrected chi connectivity index (χ4v) is 5.84. The standard InChI is InChI=1S/C17H22N2O2.C15H18N2O2.Li.2H2O/c1-2-21-17(20)14-6-9-19(10-7-14)12-13-3-4-16-15(11-13)5-8-18-16;18-15(19)12-4-7-17(8-5-12)10-11-1-2-14-13(9-11)3-6-16-14;;;/h3-5,8,11,14,18H,2,6-7,9-10,12H2,1H3;1-3,6,9,12,16H,4-5,7-8,10H2,(H,18,19);;2*1H2/q;;+1;;/p-1. The van der Waals surface area contributed by atoms with Gasteiger partial charge in [-0.2, -0.15) is 0 Å². The van der Waals surface area contributed by atoms with Gasteiger partial charge < -0.3 is 30.8 Å². The number of H-pyrrole nitrogens is 2. The number of benzene rings is 2. The number of likely N-dealkylation sites (tertiary alicyclic amines) is 2. The zero-order valence-corrected chi connectivity index (χ0v) is 25.2. The van der Waals surface area contributed by atoms with Crippen molar-refractivity contribution < 1.29 is 49.2 Å². The van der Waals surface area contributed by atoms with Gasteiger partial charge in [-0.3, -0.25) is 19.4 Å². The van der Waals surface area contributed by atoms with Crippen LogP contribution in [0.15, 0.2) is 60.9 Å². The van der Waals surface area contributed by atoms with Crippen molar-refractivity contribution in [1.29, 1.82) is 0 Å². The molecule has 43 heavy (non-hydrogen) atoms. The second-order valence-corrected chi connectivity index (χ2v) is 11.0. The number of piperidine rings is 2. The van der Waals surface area contributed by atoms with E-state index in [2.05, 4.69) is 68.3 Å². The number of hydrogen-bond acceptors (Lipinski definition) is 6. The summed E-state index contributed by atoms with van der Waals surface area (Å²) in [7, 11) is 0. The fraction of sp³-hybridized carbons (Fsp3) is 0.438. The van der Waals surface area contributed by atoms with E-state index in [0.29, 0.717) is 6.61 Å². The molecular formula is C32H43LiN4O6. The summed E-state index contributed by atoms with van der Waals surface area (Å²) in [6, 6.07) is 17.2. The summed E-state index contributed by atoms with van der Waals surface area (Å²) in [5.41, 5.74) is 4.96. The van der Waals surface area contributed by atoms with E-state index in [9.17, 15) is 9.59 Å². The second kappa shape index (κ2) is 17.3. The molecule has 4 aromatic rings. The normalized spacial score (nSPS) is 16.3. The number of carbonyl (C=O) groups is 2. The molecule has 0 saturated carbocycles. The van der Waals surface area contributed by atoms with Gasteiger partial charge in [0.15, 0.2) is 0 Å². The largest absolute Gasteiger partial charge is 1.00 e. The van der Waals surface area contributed by atoms with E-state index in [-0.39, 0.29) is 47.6 Å². The quantitative estimate of drug-likeness (QED) is 0.218. The third-order valence-corrected chi connectivity index (χ3v) is 8.19. The molecule has 10 nitrogen and oxygen atoms in total. The van der Waals surface area contributed by atoms with E-state index in [1.165, 1.54) is 27.4 Å². The van der Waals surface area contributed by atoms with E-state index in [1.807, 2.05) is 19.3 Å². The number of carboxylic acids is 1. The molecule has 0 spiro atoms. The minimum atomic E-state index is -0.645. The van der Waals surface area contributed by atoms with Crippen LogP contribution in [0.1, 0.15) is 43.7 Å². The van der Waals surface area contributed by atoms with Crippen molar-refractivity contribution >= 4 is 33.7 Å². The van der Waals surface area contributed by atoms with Gasteiger partial charge in [-0.15, -0.1) is 0 Å². The molecule has 2 aromatic heterocycles. The maximum Gasteiger partial charge on any atom is 1.00 e. The van der Waals surface area contributed by atoms with Crippen LogP contribution in [0.3, 0.4) is 0 Å². The summed E-state index contributed by atoms with van der Waals surface area (Å²) in [6.45, 7) is 7.90. The number of ether oxygens (including phenoxy) is 1. The van der Waals surface area contributed by atoms with Gasteiger partial charge >= 0.3 is 30.8 Å². The van der Waals surface area contributed by atoms with Crippen LogP contribution in [-0.2, 0) is 27.4 Å². The first-order valence-electron chi connectivity index (χ1n) is 14.4. The monoisotopic (exact) mass is 586 g/mol. The number of rotatable bonds is 7. The maximum atomic E-state index is 11.7. The number of aliphatic carboxylic acids is 1. The molecule has 6 N–H and O–H groups in total. The van der Waals surface area contributed by atoms with Gasteiger partial charge in [0, 0.05) is 36.5 Å². The van der Waals surface area contributed by atoms with E-state index < -0.39 is 5.97 Å². The molecule has 0 bridgehead atoms. The minimum Gasteiger partial charge on any atom is -0.870 e. The average molecular weight is 587 g/mol. The molecule has 6 rings (SSSR count). The van der Waals surface area contributed by atoms with Crippen molar-refractivity contribution in [2.45, 2.75) is 45.7 Å². The molecule has 11 heteroatoms. The first-order valence-corrected chi connectivity index (χ1v) is 14.4. The molecule has 2 aliphatic rings. The van der Waals surface area contributed by atoms with E-state index in [0.717, 1.165) is 70.5 Å². The van der Waals surface area contributed by atoms with Crippen molar-refractivity contribution in [3.63, 3.8) is 0 Å². The Kier molecular flexibility index (Phi) is 14.5. The number of nitrogens with one attached hydrogen (secondary N) is 2. The van der Waals surface area contributed by atoms with Gasteiger partial charge in [0.25, 0.3) is 0 Å². The molecule has 2 fully saturated rings. The zero-order chi connectivity index (χ0) is 27.9. The minimum absolute atomic E-state index is 0. The molecule has 0 radical (unpaired) electrons. The summed E-state index contributed by atoms with van der Waals surface area (Å²) < 4.78 is 5.11. The van der Waals surface area contributed by atoms with Crippen LogP contribution >= 0.6 is 0 Å². The zero-order valence-electron chi connectivity index (χ0n) is 25.2. The van der Waals surface area contributed by atoms with Gasteiger partial charge in [-0.1, -0.05) is 12.1 Å². The summed E-state index contributed by atoms with van der Waals surface area (Å²) in [5, 5.41) is 11.5.